The van der Waals surface area contributed by atoms with E-state index in [1.807, 2.05) is 23.1 Å². The summed E-state index contributed by atoms with van der Waals surface area (Å²) in [6, 6.07) is 12.9. The van der Waals surface area contributed by atoms with Crippen LogP contribution in [0.15, 0.2) is 48.5 Å². The van der Waals surface area contributed by atoms with Crippen LogP contribution in [-0.4, -0.2) is 35.8 Å². The highest BCUT2D eigenvalue weighted by Gasteiger charge is 2.34. The van der Waals surface area contributed by atoms with Crippen molar-refractivity contribution in [3.05, 3.63) is 71.3 Å². The second-order valence-corrected chi connectivity index (χ2v) is 7.03. The Morgan fingerprint density at radius 3 is 2.61 bits per heavy atom. The number of hydrogen-bond donors (Lipinski definition) is 1. The molecule has 0 unspecified atom stereocenters. The molecule has 148 valence electrons. The number of amides is 2. The van der Waals surface area contributed by atoms with E-state index in [-0.39, 0.29) is 30.0 Å². The van der Waals surface area contributed by atoms with Crippen molar-refractivity contribution in [2.75, 3.05) is 13.1 Å². The second kappa shape index (κ2) is 8.95. The summed E-state index contributed by atoms with van der Waals surface area (Å²) < 4.78 is 26.7. The predicted octanol–water partition coefficient (Wildman–Crippen LogP) is 3.88. The fourth-order valence-electron chi connectivity index (χ4n) is 3.98. The van der Waals surface area contributed by atoms with Gasteiger partial charge in [-0.25, -0.2) is 8.78 Å². The molecule has 1 aliphatic heterocycles. The van der Waals surface area contributed by atoms with Gasteiger partial charge < -0.3 is 10.2 Å². The van der Waals surface area contributed by atoms with Gasteiger partial charge >= 0.3 is 0 Å². The third-order valence-corrected chi connectivity index (χ3v) is 5.33. The van der Waals surface area contributed by atoms with E-state index in [2.05, 4.69) is 24.4 Å². The van der Waals surface area contributed by atoms with Gasteiger partial charge in [-0.1, -0.05) is 37.3 Å². The summed E-state index contributed by atoms with van der Waals surface area (Å²) in [6.45, 7) is 2.54. The average molecular weight is 386 g/mol. The molecule has 2 aromatic rings. The largest absolute Gasteiger partial charge is 0.343 e. The van der Waals surface area contributed by atoms with Gasteiger partial charge in [-0.3, -0.25) is 9.59 Å². The van der Waals surface area contributed by atoms with Crippen molar-refractivity contribution in [2.24, 2.45) is 0 Å². The van der Waals surface area contributed by atoms with Gasteiger partial charge in [-0.05, 0) is 37.0 Å². The first-order valence-corrected chi connectivity index (χ1v) is 9.59. The monoisotopic (exact) mass is 386 g/mol. The molecule has 0 bridgehead atoms. The lowest BCUT2D eigenvalue weighted by molar-refractivity contribution is -0.131. The smallest absolute Gasteiger partial charge is 0.254 e. The normalized spacial score (nSPS) is 17.4. The Labute approximate surface area is 163 Å². The standard InChI is InChI=1S/C22H24F2N2O2/c1-2-17(15-7-4-3-5-8-15)20-9-6-12-26(20)21(27)14-25-22(28)18-11-10-16(23)13-19(18)24/h3-5,7-8,10-11,13,17,20H,2,6,9,12,14H2,1H3,(H,25,28)/t17-,20-/m0/s1. The molecular weight excluding hydrogens is 362 g/mol. The molecule has 6 heteroatoms. The molecule has 1 N–H and O–H groups in total. The van der Waals surface area contributed by atoms with E-state index in [9.17, 15) is 18.4 Å². The SMILES string of the molecule is CC[C@@H](c1ccccc1)[C@@H]1CCCN1C(=O)CNC(=O)c1ccc(F)cc1F. The molecule has 0 radical (unpaired) electrons. The van der Waals surface area contributed by atoms with Crippen molar-refractivity contribution < 1.29 is 18.4 Å². The first kappa shape index (κ1) is 20.0. The molecule has 28 heavy (non-hydrogen) atoms. The number of benzene rings is 2. The lowest BCUT2D eigenvalue weighted by Crippen LogP contribution is -2.44. The summed E-state index contributed by atoms with van der Waals surface area (Å²) in [6.07, 6.45) is 2.74. The summed E-state index contributed by atoms with van der Waals surface area (Å²) in [4.78, 5) is 26.7. The number of halogens is 2. The van der Waals surface area contributed by atoms with E-state index in [1.165, 1.54) is 5.56 Å². The van der Waals surface area contributed by atoms with Gasteiger partial charge in [0.15, 0.2) is 0 Å². The average Bonchev–Trinajstić information content (AvgIpc) is 3.17. The maximum atomic E-state index is 13.7. The van der Waals surface area contributed by atoms with E-state index in [4.69, 9.17) is 0 Å². The summed E-state index contributed by atoms with van der Waals surface area (Å²) in [5.41, 5.74) is 0.926. The molecular formula is C22H24F2N2O2. The minimum atomic E-state index is -0.945. The Morgan fingerprint density at radius 1 is 1.18 bits per heavy atom. The van der Waals surface area contributed by atoms with E-state index < -0.39 is 17.5 Å². The topological polar surface area (TPSA) is 49.4 Å². The van der Waals surface area contributed by atoms with Crippen LogP contribution in [0.4, 0.5) is 8.78 Å². The quantitative estimate of drug-likeness (QED) is 0.819. The van der Waals surface area contributed by atoms with Gasteiger partial charge in [0, 0.05) is 24.6 Å². The Bertz CT molecular complexity index is 842. The van der Waals surface area contributed by atoms with Crippen LogP contribution < -0.4 is 5.32 Å². The third-order valence-electron chi connectivity index (χ3n) is 5.33. The highest BCUT2D eigenvalue weighted by atomic mass is 19.1. The summed E-state index contributed by atoms with van der Waals surface area (Å²) in [5.74, 6) is -2.38. The molecule has 0 aromatic heterocycles. The lowest BCUT2D eigenvalue weighted by Gasteiger charge is -2.31. The van der Waals surface area contributed by atoms with E-state index in [0.29, 0.717) is 12.6 Å². The number of likely N-dealkylation sites (tertiary alicyclic amines) is 1. The number of hydrogen-bond acceptors (Lipinski definition) is 2. The Kier molecular flexibility index (Phi) is 6.39. The minimum Gasteiger partial charge on any atom is -0.343 e. The van der Waals surface area contributed by atoms with Crippen LogP contribution in [0.25, 0.3) is 0 Å². The molecule has 2 aromatic carbocycles. The van der Waals surface area contributed by atoms with Gasteiger partial charge in [0.25, 0.3) is 5.91 Å². The molecule has 0 spiro atoms. The molecule has 1 aliphatic rings. The van der Waals surface area contributed by atoms with Crippen molar-refractivity contribution in [2.45, 2.75) is 38.1 Å². The van der Waals surface area contributed by atoms with Crippen LogP contribution in [0.5, 0.6) is 0 Å². The van der Waals surface area contributed by atoms with Gasteiger partial charge in [-0.15, -0.1) is 0 Å². The summed E-state index contributed by atoms with van der Waals surface area (Å²) >= 11 is 0. The van der Waals surface area contributed by atoms with Crippen LogP contribution in [0.1, 0.15) is 48.0 Å². The van der Waals surface area contributed by atoms with Crippen LogP contribution in [0, 0.1) is 11.6 Å². The van der Waals surface area contributed by atoms with Crippen molar-refractivity contribution >= 4 is 11.8 Å². The first-order valence-electron chi connectivity index (χ1n) is 9.59. The zero-order valence-electron chi connectivity index (χ0n) is 15.8. The second-order valence-electron chi connectivity index (χ2n) is 7.03. The van der Waals surface area contributed by atoms with Gasteiger partial charge in [0.1, 0.15) is 11.6 Å². The summed E-state index contributed by atoms with van der Waals surface area (Å²) in [5, 5.41) is 2.46. The van der Waals surface area contributed by atoms with E-state index in [0.717, 1.165) is 31.4 Å². The minimum absolute atomic E-state index is 0.0827. The predicted molar refractivity (Wildman–Crippen MR) is 103 cm³/mol. The maximum absolute atomic E-state index is 13.7. The Hall–Kier alpha value is -2.76. The van der Waals surface area contributed by atoms with Crippen LogP contribution >= 0.6 is 0 Å². The highest BCUT2D eigenvalue weighted by molar-refractivity contribution is 5.96. The number of rotatable bonds is 6. The van der Waals surface area contributed by atoms with Crippen LogP contribution in [-0.2, 0) is 4.79 Å². The molecule has 3 rings (SSSR count). The Balaban J connectivity index is 1.65. The Morgan fingerprint density at radius 2 is 1.93 bits per heavy atom. The maximum Gasteiger partial charge on any atom is 0.254 e. The van der Waals surface area contributed by atoms with Crippen molar-refractivity contribution in [3.8, 4) is 0 Å². The molecule has 2 atom stereocenters. The number of carbonyl (C=O) groups excluding carboxylic acids is 2. The molecule has 2 amide bonds. The van der Waals surface area contributed by atoms with Crippen LogP contribution in [0.3, 0.4) is 0 Å². The van der Waals surface area contributed by atoms with Crippen molar-refractivity contribution in [3.63, 3.8) is 0 Å². The van der Waals surface area contributed by atoms with Gasteiger partial charge in [0.2, 0.25) is 5.91 Å². The fourth-order valence-corrected chi connectivity index (χ4v) is 3.98. The van der Waals surface area contributed by atoms with E-state index in [1.54, 1.807) is 0 Å². The number of nitrogens with zero attached hydrogens (tertiary/aromatic N) is 1. The molecule has 0 aliphatic carbocycles. The van der Waals surface area contributed by atoms with Crippen molar-refractivity contribution in [1.82, 2.24) is 10.2 Å². The fraction of sp³-hybridized carbons (Fsp3) is 0.364. The summed E-state index contributed by atoms with van der Waals surface area (Å²) in [7, 11) is 0. The first-order chi connectivity index (χ1) is 13.5. The van der Waals surface area contributed by atoms with Crippen LogP contribution in [0.2, 0.25) is 0 Å². The lowest BCUT2D eigenvalue weighted by atomic mass is 9.87. The molecule has 4 nitrogen and oxygen atoms in total. The van der Waals surface area contributed by atoms with E-state index >= 15 is 0 Å². The molecule has 1 fully saturated rings. The van der Waals surface area contributed by atoms with Crippen molar-refractivity contribution in [1.29, 1.82) is 0 Å². The highest BCUT2D eigenvalue weighted by Crippen LogP contribution is 2.33. The molecule has 1 heterocycles. The third kappa shape index (κ3) is 4.38. The zero-order valence-corrected chi connectivity index (χ0v) is 15.8. The number of nitrogens with one attached hydrogen (secondary N) is 1. The molecule has 0 saturated carbocycles. The van der Waals surface area contributed by atoms with Gasteiger partial charge in [-0.2, -0.15) is 0 Å². The van der Waals surface area contributed by atoms with Gasteiger partial charge in [0.05, 0.1) is 12.1 Å². The molecule has 1 saturated heterocycles. The zero-order chi connectivity index (χ0) is 20.1. The number of carbonyl (C=O) groups is 2.